The second-order valence-electron chi connectivity index (χ2n) is 4.25. The zero-order valence-corrected chi connectivity index (χ0v) is 9.79. The number of rotatable bonds is 3. The molecule has 0 spiro atoms. The molecule has 6 nitrogen and oxygen atoms in total. The molecule has 0 aromatic rings. The maximum absolute atomic E-state index is 10.9. The van der Waals surface area contributed by atoms with Gasteiger partial charge in [0.25, 0.3) is 0 Å². The summed E-state index contributed by atoms with van der Waals surface area (Å²) in [5, 5.41) is 3.59. The summed E-state index contributed by atoms with van der Waals surface area (Å²) in [5.41, 5.74) is 8.41. The fraction of sp³-hybridized carbons (Fsp3) is 0.900. The molecular weight excluding hydrogens is 210 g/mol. The third-order valence-corrected chi connectivity index (χ3v) is 2.60. The van der Waals surface area contributed by atoms with Gasteiger partial charge in [-0.15, -0.1) is 0 Å². The van der Waals surface area contributed by atoms with E-state index in [9.17, 15) is 4.79 Å². The Morgan fingerprint density at radius 3 is 2.75 bits per heavy atom. The molecule has 1 aliphatic rings. The number of nitrogens with zero attached hydrogens (tertiary/aromatic N) is 3. The highest BCUT2D eigenvalue weighted by molar-refractivity contribution is 5.66. The van der Waals surface area contributed by atoms with Crippen LogP contribution < -0.4 is 0 Å². The molecule has 90 valence electrons. The summed E-state index contributed by atoms with van der Waals surface area (Å²) >= 11 is 0. The van der Waals surface area contributed by atoms with Gasteiger partial charge in [-0.2, -0.15) is 0 Å². The first-order chi connectivity index (χ1) is 7.54. The summed E-state index contributed by atoms with van der Waals surface area (Å²) in [7, 11) is 0. The molecule has 0 amide bonds. The van der Waals surface area contributed by atoms with Gasteiger partial charge in [-0.3, -0.25) is 4.79 Å². The number of azide groups is 1. The molecule has 16 heavy (non-hydrogen) atoms. The average molecular weight is 227 g/mol. The van der Waals surface area contributed by atoms with Crippen LogP contribution in [0.4, 0.5) is 0 Å². The highest BCUT2D eigenvalue weighted by Gasteiger charge is 2.34. The van der Waals surface area contributed by atoms with Crippen LogP contribution in [0.3, 0.4) is 0 Å². The lowest BCUT2D eigenvalue weighted by Gasteiger charge is -2.35. The molecule has 0 bridgehead atoms. The maximum atomic E-state index is 10.9. The van der Waals surface area contributed by atoms with E-state index in [-0.39, 0.29) is 6.10 Å². The molecule has 0 aromatic carbocycles. The lowest BCUT2D eigenvalue weighted by atomic mass is 9.96. The maximum Gasteiger partial charge on any atom is 0.304 e. The van der Waals surface area contributed by atoms with Crippen molar-refractivity contribution in [2.75, 3.05) is 0 Å². The summed E-state index contributed by atoms with van der Waals surface area (Å²) in [6, 6.07) is -0.413. The minimum Gasteiger partial charge on any atom is -0.435 e. The predicted molar refractivity (Wildman–Crippen MR) is 57.4 cm³/mol. The first-order valence-corrected chi connectivity index (χ1v) is 5.41. The third-order valence-electron chi connectivity index (χ3n) is 2.60. The smallest absolute Gasteiger partial charge is 0.304 e. The predicted octanol–water partition coefficient (Wildman–Crippen LogP) is 2.39. The van der Waals surface area contributed by atoms with Crippen LogP contribution in [0.15, 0.2) is 5.11 Å². The lowest BCUT2D eigenvalue weighted by Crippen LogP contribution is -2.42. The van der Waals surface area contributed by atoms with Gasteiger partial charge in [0.05, 0.1) is 12.1 Å². The van der Waals surface area contributed by atoms with Gasteiger partial charge < -0.3 is 9.47 Å². The number of esters is 1. The molecule has 6 heteroatoms. The van der Waals surface area contributed by atoms with Gasteiger partial charge in [0.2, 0.25) is 6.29 Å². The average Bonchev–Trinajstić information content (AvgIpc) is 2.19. The number of hydrogen-bond acceptors (Lipinski definition) is 4. The van der Waals surface area contributed by atoms with Crippen LogP contribution in [0.1, 0.15) is 33.6 Å². The Morgan fingerprint density at radius 1 is 1.56 bits per heavy atom. The van der Waals surface area contributed by atoms with Crippen LogP contribution in [-0.4, -0.2) is 24.4 Å². The van der Waals surface area contributed by atoms with Crippen LogP contribution in [0.5, 0.6) is 0 Å². The van der Waals surface area contributed by atoms with Crippen molar-refractivity contribution in [1.29, 1.82) is 0 Å². The molecule has 0 aliphatic carbocycles. The van der Waals surface area contributed by atoms with Crippen molar-refractivity contribution in [3.05, 3.63) is 10.4 Å². The summed E-state index contributed by atoms with van der Waals surface area (Å²) < 4.78 is 10.6. The quantitative estimate of drug-likeness (QED) is 0.321. The number of carbonyl (C=O) groups excluding carboxylic acids is 1. The standard InChI is InChI=1S/C10H17N3O3/c1-6(2)9-5-4-8(12-13-11)10(16-9)15-7(3)14/h6,8-10H,4-5H2,1-3H3/t8?,9-,10?/m0/s1. The van der Waals surface area contributed by atoms with E-state index in [1.165, 1.54) is 6.92 Å². The molecule has 0 radical (unpaired) electrons. The van der Waals surface area contributed by atoms with Gasteiger partial charge in [0.15, 0.2) is 0 Å². The zero-order valence-electron chi connectivity index (χ0n) is 9.79. The molecule has 3 atom stereocenters. The minimum atomic E-state index is -0.741. The van der Waals surface area contributed by atoms with Crippen molar-refractivity contribution in [2.24, 2.45) is 11.0 Å². The number of ether oxygens (including phenoxy) is 2. The molecule has 1 aliphatic heterocycles. The fourth-order valence-corrected chi connectivity index (χ4v) is 1.74. The Kier molecular flexibility index (Phi) is 4.58. The topological polar surface area (TPSA) is 84.3 Å². The zero-order chi connectivity index (χ0) is 12.1. The van der Waals surface area contributed by atoms with Gasteiger partial charge in [0.1, 0.15) is 0 Å². The lowest BCUT2D eigenvalue weighted by molar-refractivity contribution is -0.212. The van der Waals surface area contributed by atoms with Crippen LogP contribution in [0.2, 0.25) is 0 Å². The second kappa shape index (κ2) is 5.72. The Bertz CT molecular complexity index is 300. The van der Waals surface area contributed by atoms with E-state index < -0.39 is 18.3 Å². The Labute approximate surface area is 94.5 Å². The molecule has 1 saturated heterocycles. The Hall–Kier alpha value is -1.26. The number of carbonyl (C=O) groups is 1. The molecule has 0 aromatic heterocycles. The molecule has 0 saturated carbocycles. The van der Waals surface area contributed by atoms with Gasteiger partial charge in [-0.1, -0.05) is 19.0 Å². The highest BCUT2D eigenvalue weighted by atomic mass is 16.7. The fourth-order valence-electron chi connectivity index (χ4n) is 1.74. The van der Waals surface area contributed by atoms with E-state index in [1.807, 2.05) is 13.8 Å². The van der Waals surface area contributed by atoms with E-state index in [0.717, 1.165) is 6.42 Å². The van der Waals surface area contributed by atoms with Crippen molar-refractivity contribution in [3.63, 3.8) is 0 Å². The van der Waals surface area contributed by atoms with E-state index >= 15 is 0 Å². The number of hydrogen-bond donors (Lipinski definition) is 0. The SMILES string of the molecule is CC(=O)OC1O[C@H](C(C)C)CCC1N=[N+]=[N-]. The minimum absolute atomic E-state index is 0.0505. The van der Waals surface area contributed by atoms with E-state index in [4.69, 9.17) is 15.0 Å². The van der Waals surface area contributed by atoms with Crippen molar-refractivity contribution in [2.45, 2.75) is 52.0 Å². The Morgan fingerprint density at radius 2 is 2.25 bits per heavy atom. The highest BCUT2D eigenvalue weighted by Crippen LogP contribution is 2.27. The van der Waals surface area contributed by atoms with E-state index in [1.54, 1.807) is 0 Å². The molecule has 1 rings (SSSR count). The normalized spacial score (nSPS) is 29.6. The summed E-state index contributed by atoms with van der Waals surface area (Å²) in [5.74, 6) is -0.0716. The first-order valence-electron chi connectivity index (χ1n) is 5.41. The van der Waals surface area contributed by atoms with Crippen LogP contribution >= 0.6 is 0 Å². The van der Waals surface area contributed by atoms with Crippen molar-refractivity contribution in [3.8, 4) is 0 Å². The van der Waals surface area contributed by atoms with Crippen molar-refractivity contribution >= 4 is 5.97 Å². The van der Waals surface area contributed by atoms with Crippen LogP contribution in [0.25, 0.3) is 10.4 Å². The molecule has 0 N–H and O–H groups in total. The van der Waals surface area contributed by atoms with Gasteiger partial charge in [-0.05, 0) is 24.3 Å². The third kappa shape index (κ3) is 3.40. The van der Waals surface area contributed by atoms with Crippen LogP contribution in [0, 0.1) is 5.92 Å². The second-order valence-corrected chi connectivity index (χ2v) is 4.25. The van der Waals surface area contributed by atoms with E-state index in [0.29, 0.717) is 12.3 Å². The monoisotopic (exact) mass is 227 g/mol. The van der Waals surface area contributed by atoms with E-state index in [2.05, 4.69) is 10.0 Å². The summed E-state index contributed by atoms with van der Waals surface area (Å²) in [6.07, 6.45) is 0.813. The first kappa shape index (κ1) is 12.8. The summed E-state index contributed by atoms with van der Waals surface area (Å²) in [6.45, 7) is 5.41. The van der Waals surface area contributed by atoms with Crippen molar-refractivity contribution in [1.82, 2.24) is 0 Å². The van der Waals surface area contributed by atoms with Crippen LogP contribution in [-0.2, 0) is 14.3 Å². The molecule has 1 heterocycles. The molecular formula is C10H17N3O3. The van der Waals surface area contributed by atoms with Gasteiger partial charge >= 0.3 is 5.97 Å². The van der Waals surface area contributed by atoms with Crippen molar-refractivity contribution < 1.29 is 14.3 Å². The molecule has 1 fully saturated rings. The Balaban J connectivity index is 2.68. The van der Waals surface area contributed by atoms with Gasteiger partial charge in [0, 0.05) is 11.8 Å². The summed E-state index contributed by atoms with van der Waals surface area (Å²) in [4.78, 5) is 13.6. The largest absolute Gasteiger partial charge is 0.435 e. The molecule has 2 unspecified atom stereocenters. The van der Waals surface area contributed by atoms with Gasteiger partial charge in [-0.25, -0.2) is 0 Å².